The minimum atomic E-state index is 1.15. The van der Waals surface area contributed by atoms with Crippen molar-refractivity contribution in [1.29, 1.82) is 0 Å². The zero-order valence-corrected chi connectivity index (χ0v) is 33.7. The molecule has 13 aromatic rings. The molecule has 0 bridgehead atoms. The minimum absolute atomic E-state index is 1.15. The number of para-hydroxylation sites is 2. The van der Waals surface area contributed by atoms with E-state index in [1.165, 1.54) is 126 Å². The molecule has 1 aliphatic rings. The quantitative estimate of drug-likeness (QED) is 0.157. The van der Waals surface area contributed by atoms with Crippen LogP contribution in [0.4, 0.5) is 0 Å². The van der Waals surface area contributed by atoms with E-state index in [9.17, 15) is 0 Å². The third-order valence-corrected chi connectivity index (χ3v) is 13.6. The zero-order chi connectivity index (χ0) is 40.5. The van der Waals surface area contributed by atoms with Crippen molar-refractivity contribution in [2.45, 2.75) is 0 Å². The van der Waals surface area contributed by atoms with E-state index in [0.29, 0.717) is 0 Å². The van der Waals surface area contributed by atoms with Gasteiger partial charge in [0.1, 0.15) is 0 Å². The van der Waals surface area contributed by atoms with Gasteiger partial charge in [-0.05, 0) is 138 Å². The normalized spacial score (nSPS) is 12.2. The predicted octanol–water partition coefficient (Wildman–Crippen LogP) is 16.3. The summed E-state index contributed by atoms with van der Waals surface area (Å²) in [5, 5.41) is 12.8. The summed E-state index contributed by atoms with van der Waals surface area (Å²) in [6, 6.07) is 81.0. The fourth-order valence-electron chi connectivity index (χ4n) is 10.9. The Labute approximate surface area is 357 Å². The average Bonchev–Trinajstić information content (AvgIpc) is 3.98. The van der Waals surface area contributed by atoms with Gasteiger partial charge in [-0.15, -0.1) is 0 Å². The van der Waals surface area contributed by atoms with Gasteiger partial charge in [0, 0.05) is 38.3 Å². The van der Waals surface area contributed by atoms with Gasteiger partial charge >= 0.3 is 0 Å². The first-order valence-corrected chi connectivity index (χ1v) is 21.5. The highest BCUT2D eigenvalue weighted by Gasteiger charge is 2.23. The van der Waals surface area contributed by atoms with Gasteiger partial charge in [0.2, 0.25) is 0 Å². The van der Waals surface area contributed by atoms with Gasteiger partial charge in [-0.2, -0.15) is 0 Å². The van der Waals surface area contributed by atoms with Crippen LogP contribution in [0.2, 0.25) is 0 Å². The minimum Gasteiger partial charge on any atom is -0.309 e. The summed E-state index contributed by atoms with van der Waals surface area (Å²) in [7, 11) is 0. The van der Waals surface area contributed by atoms with Gasteiger partial charge in [-0.1, -0.05) is 152 Å². The predicted molar refractivity (Wildman–Crippen MR) is 263 cm³/mol. The number of fused-ring (bicyclic) bond motifs is 14. The van der Waals surface area contributed by atoms with Crippen molar-refractivity contribution < 1.29 is 0 Å². The number of hydrogen-bond acceptors (Lipinski definition) is 0. The van der Waals surface area contributed by atoms with Crippen molar-refractivity contribution in [3.05, 3.63) is 218 Å². The van der Waals surface area contributed by atoms with Crippen molar-refractivity contribution in [3.8, 4) is 55.9 Å². The van der Waals surface area contributed by atoms with Crippen LogP contribution in [-0.2, 0) is 0 Å². The molecule has 0 fully saturated rings. The smallest absolute Gasteiger partial charge is 0.0625 e. The lowest BCUT2D eigenvalue weighted by molar-refractivity contribution is 1.18. The Morgan fingerprint density at radius 2 is 0.806 bits per heavy atom. The first kappa shape index (κ1) is 33.6. The van der Waals surface area contributed by atoms with Gasteiger partial charge in [-0.25, -0.2) is 0 Å². The van der Waals surface area contributed by atoms with Crippen LogP contribution in [0.5, 0.6) is 0 Å². The molecule has 0 spiro atoms. The third kappa shape index (κ3) is 4.64. The lowest BCUT2D eigenvalue weighted by Crippen LogP contribution is -1.94. The average molecular weight is 785 g/mol. The van der Waals surface area contributed by atoms with Gasteiger partial charge in [0.25, 0.3) is 0 Å². The SMILES string of the molecule is c1ccc(-n2c3ccc(-c4ccc5c(c4)c4ccccc4n5-c4cccc(-c5cc6c7c(cccc7c5)-c5ccccc5-6)c4)cc3c3c4ccccc4c4ccccc4c32)cc1. The third-order valence-electron chi connectivity index (χ3n) is 13.6. The van der Waals surface area contributed by atoms with Crippen LogP contribution in [0.1, 0.15) is 0 Å². The molecule has 0 atom stereocenters. The van der Waals surface area contributed by atoms with Gasteiger partial charge in [-0.3, -0.25) is 0 Å². The monoisotopic (exact) mass is 784 g/mol. The molecular formula is C60H36N2. The summed E-state index contributed by atoms with van der Waals surface area (Å²) < 4.78 is 4.91. The van der Waals surface area contributed by atoms with Gasteiger partial charge in [0.05, 0.1) is 22.1 Å². The molecular weight excluding hydrogens is 749 g/mol. The van der Waals surface area contributed by atoms with Crippen LogP contribution in [-0.4, -0.2) is 9.13 Å². The van der Waals surface area contributed by atoms with Gasteiger partial charge in [0.15, 0.2) is 0 Å². The Balaban J connectivity index is 0.953. The summed E-state index contributed by atoms with van der Waals surface area (Å²) in [5.74, 6) is 0. The molecule has 14 rings (SSSR count). The maximum atomic E-state index is 2.47. The summed E-state index contributed by atoms with van der Waals surface area (Å²) in [6.07, 6.45) is 0. The van der Waals surface area contributed by atoms with Crippen molar-refractivity contribution in [2.24, 2.45) is 0 Å². The summed E-state index contributed by atoms with van der Waals surface area (Å²) >= 11 is 0. The zero-order valence-electron chi connectivity index (χ0n) is 33.7. The Morgan fingerprint density at radius 3 is 1.61 bits per heavy atom. The second-order valence-corrected chi connectivity index (χ2v) is 16.8. The van der Waals surface area contributed by atoms with Crippen molar-refractivity contribution in [3.63, 3.8) is 0 Å². The Kier molecular flexibility index (Phi) is 6.86. The highest BCUT2D eigenvalue weighted by molar-refractivity contribution is 6.32. The highest BCUT2D eigenvalue weighted by Crippen LogP contribution is 2.49. The maximum Gasteiger partial charge on any atom is 0.0625 e. The van der Waals surface area contributed by atoms with E-state index in [1.54, 1.807) is 0 Å². The standard InChI is InChI=1S/C60H36N2/c1-2-16-42(17-3-1)62-57-31-29-39(35-54(57)59-50-24-8-6-19-44(50)46-21-7-9-25-51(46)60(59)62)38-28-30-56-52(34-38)48-23-10-11-27-55(48)61(56)43-18-12-14-37(33-43)41-32-40-15-13-26-49-45-20-4-5-22-47(45)53(36-41)58(40)49/h1-36H. The molecule has 2 nitrogen and oxygen atoms in total. The molecule has 2 heteroatoms. The lowest BCUT2D eigenvalue weighted by atomic mass is 9.95. The van der Waals surface area contributed by atoms with Crippen LogP contribution >= 0.6 is 0 Å². The first-order valence-electron chi connectivity index (χ1n) is 21.5. The van der Waals surface area contributed by atoms with Crippen LogP contribution in [0.25, 0.3) is 132 Å². The van der Waals surface area contributed by atoms with Crippen LogP contribution in [0.15, 0.2) is 218 Å². The molecule has 286 valence electrons. The molecule has 0 unspecified atom stereocenters. The summed E-state index contributed by atoms with van der Waals surface area (Å²) in [5.41, 5.74) is 17.3. The van der Waals surface area contributed by atoms with E-state index in [1.807, 2.05) is 0 Å². The summed E-state index contributed by atoms with van der Waals surface area (Å²) in [4.78, 5) is 0. The largest absolute Gasteiger partial charge is 0.309 e. The van der Waals surface area contributed by atoms with E-state index in [2.05, 4.69) is 228 Å². The molecule has 2 aromatic heterocycles. The number of aromatic nitrogens is 2. The molecule has 1 aliphatic carbocycles. The highest BCUT2D eigenvalue weighted by atomic mass is 15.0. The molecule has 62 heavy (non-hydrogen) atoms. The van der Waals surface area contributed by atoms with E-state index in [0.717, 1.165) is 5.69 Å². The molecule has 11 aromatic carbocycles. The molecule has 0 saturated heterocycles. The fourth-order valence-corrected chi connectivity index (χ4v) is 10.9. The van der Waals surface area contributed by atoms with Crippen molar-refractivity contribution >= 4 is 75.9 Å². The Bertz CT molecular complexity index is 4030. The summed E-state index contributed by atoms with van der Waals surface area (Å²) in [6.45, 7) is 0. The van der Waals surface area contributed by atoms with Crippen LogP contribution < -0.4 is 0 Å². The molecule has 0 saturated carbocycles. The molecule has 0 aliphatic heterocycles. The maximum absolute atomic E-state index is 2.47. The lowest BCUT2D eigenvalue weighted by Gasteiger charge is -2.12. The topological polar surface area (TPSA) is 9.86 Å². The van der Waals surface area contributed by atoms with E-state index >= 15 is 0 Å². The Hall–Kier alpha value is -8.20. The molecule has 0 amide bonds. The van der Waals surface area contributed by atoms with Crippen molar-refractivity contribution in [1.82, 2.24) is 9.13 Å². The van der Waals surface area contributed by atoms with Crippen LogP contribution in [0.3, 0.4) is 0 Å². The number of rotatable bonds is 4. The number of nitrogens with zero attached hydrogens (tertiary/aromatic N) is 2. The van der Waals surface area contributed by atoms with E-state index in [-0.39, 0.29) is 0 Å². The molecule has 2 heterocycles. The second kappa shape index (κ2) is 12.7. The number of benzene rings is 11. The molecule has 0 N–H and O–H groups in total. The fraction of sp³-hybridized carbons (Fsp3) is 0. The van der Waals surface area contributed by atoms with Gasteiger partial charge < -0.3 is 9.13 Å². The Morgan fingerprint density at radius 1 is 0.242 bits per heavy atom. The number of hydrogen-bond donors (Lipinski definition) is 0. The second-order valence-electron chi connectivity index (χ2n) is 16.8. The molecule has 0 radical (unpaired) electrons. The van der Waals surface area contributed by atoms with Crippen LogP contribution in [0, 0.1) is 0 Å². The first-order chi connectivity index (χ1) is 30.8. The van der Waals surface area contributed by atoms with Crippen molar-refractivity contribution in [2.75, 3.05) is 0 Å². The van der Waals surface area contributed by atoms with E-state index in [4.69, 9.17) is 0 Å². The van der Waals surface area contributed by atoms with E-state index < -0.39 is 0 Å².